The van der Waals surface area contributed by atoms with Crippen molar-refractivity contribution < 1.29 is 0 Å². The monoisotopic (exact) mass is 439 g/mol. The van der Waals surface area contributed by atoms with Crippen LogP contribution in [-0.4, -0.2) is 33.5 Å². The highest BCUT2D eigenvalue weighted by molar-refractivity contribution is 14.0. The molecule has 2 N–H and O–H groups in total. The van der Waals surface area contributed by atoms with Crippen molar-refractivity contribution >= 4 is 29.9 Å². The highest BCUT2D eigenvalue weighted by Gasteiger charge is 2.11. The molecule has 24 heavy (non-hydrogen) atoms. The van der Waals surface area contributed by atoms with Crippen LogP contribution in [0.1, 0.15) is 36.2 Å². The molecule has 0 radical (unpaired) electrons. The highest BCUT2D eigenvalue weighted by atomic mass is 127. The van der Waals surface area contributed by atoms with E-state index in [2.05, 4.69) is 43.7 Å². The van der Waals surface area contributed by atoms with Gasteiger partial charge in [-0.15, -0.1) is 24.0 Å². The number of aryl methyl sites for hydroxylation is 1. The fourth-order valence-corrected chi connectivity index (χ4v) is 2.99. The van der Waals surface area contributed by atoms with Crippen LogP contribution in [0, 0.1) is 6.92 Å². The van der Waals surface area contributed by atoms with E-state index in [1.54, 1.807) is 0 Å². The van der Waals surface area contributed by atoms with Crippen molar-refractivity contribution in [2.24, 2.45) is 10.7 Å². The largest absolute Gasteiger partial charge is 0.370 e. The molecule has 0 unspecified atom stereocenters. The molecule has 1 aromatic heterocycles. The van der Waals surface area contributed by atoms with E-state index in [0.717, 1.165) is 25.5 Å². The van der Waals surface area contributed by atoms with Crippen LogP contribution in [0.3, 0.4) is 0 Å². The predicted octanol–water partition coefficient (Wildman–Crippen LogP) is 3.16. The minimum atomic E-state index is 0. The second-order valence-electron chi connectivity index (χ2n) is 6.14. The van der Waals surface area contributed by atoms with Gasteiger partial charge in [-0.1, -0.05) is 24.3 Å². The number of rotatable bonds is 4. The minimum Gasteiger partial charge on any atom is -0.370 e. The number of guanidine groups is 1. The molecule has 2 heterocycles. The summed E-state index contributed by atoms with van der Waals surface area (Å²) in [5.74, 6) is 1.71. The van der Waals surface area contributed by atoms with Crippen LogP contribution >= 0.6 is 24.0 Å². The second-order valence-corrected chi connectivity index (χ2v) is 6.14. The van der Waals surface area contributed by atoms with Gasteiger partial charge in [0, 0.05) is 32.0 Å². The third-order valence-electron chi connectivity index (χ3n) is 4.37. The maximum atomic E-state index is 6.13. The number of hydrogen-bond donors (Lipinski definition) is 1. The third-order valence-corrected chi connectivity index (χ3v) is 4.37. The minimum absolute atomic E-state index is 0. The Bertz CT molecular complexity index is 674. The molecule has 1 aliphatic heterocycles. The normalized spacial score (nSPS) is 15.2. The number of nitrogens with two attached hydrogens (primary N) is 1. The van der Waals surface area contributed by atoms with Gasteiger partial charge in [0.1, 0.15) is 5.82 Å². The summed E-state index contributed by atoms with van der Waals surface area (Å²) in [4.78, 5) is 11.0. The number of imidazole rings is 1. The van der Waals surface area contributed by atoms with Gasteiger partial charge in [-0.05, 0) is 37.3 Å². The molecule has 5 nitrogen and oxygen atoms in total. The Morgan fingerprint density at radius 1 is 1.21 bits per heavy atom. The molecule has 0 atom stereocenters. The standard InChI is InChI=1S/C18H25N5.HI/c1-15-20-8-11-23(15)14-17-7-5-6-16(12-17)13-21-18(19)22-9-3-2-4-10-22;/h5-8,11-12H,2-4,9-10,13-14H2,1H3,(H2,19,21);1H. The Hall–Kier alpha value is -1.57. The number of piperidine rings is 1. The summed E-state index contributed by atoms with van der Waals surface area (Å²) in [6.07, 6.45) is 7.59. The van der Waals surface area contributed by atoms with Crippen molar-refractivity contribution in [3.63, 3.8) is 0 Å². The van der Waals surface area contributed by atoms with E-state index in [-0.39, 0.29) is 24.0 Å². The lowest BCUT2D eigenvalue weighted by Gasteiger charge is -2.27. The number of halogens is 1. The number of benzene rings is 1. The van der Waals surface area contributed by atoms with E-state index in [1.165, 1.54) is 30.4 Å². The molecule has 1 fully saturated rings. The predicted molar refractivity (Wildman–Crippen MR) is 109 cm³/mol. The van der Waals surface area contributed by atoms with Crippen LogP contribution in [0.25, 0.3) is 0 Å². The van der Waals surface area contributed by atoms with Crippen LogP contribution in [0.2, 0.25) is 0 Å². The maximum absolute atomic E-state index is 6.13. The molecule has 0 spiro atoms. The van der Waals surface area contributed by atoms with Gasteiger partial charge in [0.25, 0.3) is 0 Å². The number of aliphatic imine (C=N–C) groups is 1. The summed E-state index contributed by atoms with van der Waals surface area (Å²) in [6, 6.07) is 8.54. The van der Waals surface area contributed by atoms with Crippen LogP contribution in [-0.2, 0) is 13.1 Å². The summed E-state index contributed by atoms with van der Waals surface area (Å²) in [6.45, 7) is 5.57. The Labute approximate surface area is 161 Å². The topological polar surface area (TPSA) is 59.4 Å². The van der Waals surface area contributed by atoms with E-state index < -0.39 is 0 Å². The van der Waals surface area contributed by atoms with Crippen LogP contribution in [0.4, 0.5) is 0 Å². The smallest absolute Gasteiger partial charge is 0.191 e. The Morgan fingerprint density at radius 2 is 1.96 bits per heavy atom. The fraction of sp³-hybridized carbons (Fsp3) is 0.444. The zero-order chi connectivity index (χ0) is 16.1. The van der Waals surface area contributed by atoms with Gasteiger partial charge in [-0.3, -0.25) is 0 Å². The summed E-state index contributed by atoms with van der Waals surface area (Å²) in [7, 11) is 0. The van der Waals surface area contributed by atoms with Gasteiger partial charge in [0.2, 0.25) is 0 Å². The van der Waals surface area contributed by atoms with Gasteiger partial charge in [-0.2, -0.15) is 0 Å². The van der Waals surface area contributed by atoms with Crippen molar-refractivity contribution in [1.82, 2.24) is 14.5 Å². The molecule has 2 aromatic rings. The molecule has 3 rings (SSSR count). The van der Waals surface area contributed by atoms with Gasteiger partial charge < -0.3 is 15.2 Å². The van der Waals surface area contributed by atoms with Gasteiger partial charge >= 0.3 is 0 Å². The molecule has 0 saturated carbocycles. The van der Waals surface area contributed by atoms with E-state index in [0.29, 0.717) is 12.5 Å². The first kappa shape index (κ1) is 18.8. The molecule has 130 valence electrons. The van der Waals surface area contributed by atoms with Crippen molar-refractivity contribution in [2.75, 3.05) is 13.1 Å². The van der Waals surface area contributed by atoms with Crippen molar-refractivity contribution in [2.45, 2.75) is 39.3 Å². The molecule has 0 bridgehead atoms. The quantitative estimate of drug-likeness (QED) is 0.453. The van der Waals surface area contributed by atoms with Crippen molar-refractivity contribution in [1.29, 1.82) is 0 Å². The lowest BCUT2D eigenvalue weighted by Crippen LogP contribution is -2.40. The average Bonchev–Trinajstić information content (AvgIpc) is 2.99. The summed E-state index contributed by atoms with van der Waals surface area (Å²) < 4.78 is 2.14. The van der Waals surface area contributed by atoms with Crippen LogP contribution in [0.15, 0.2) is 41.7 Å². The zero-order valence-corrected chi connectivity index (χ0v) is 16.5. The lowest BCUT2D eigenvalue weighted by molar-refractivity contribution is 0.338. The summed E-state index contributed by atoms with van der Waals surface area (Å²) in [5.41, 5.74) is 8.58. The highest BCUT2D eigenvalue weighted by Crippen LogP contribution is 2.11. The number of aromatic nitrogens is 2. The molecule has 0 aliphatic carbocycles. The van der Waals surface area contributed by atoms with E-state index in [9.17, 15) is 0 Å². The van der Waals surface area contributed by atoms with Crippen LogP contribution in [0.5, 0.6) is 0 Å². The van der Waals surface area contributed by atoms with Gasteiger partial charge in [0.15, 0.2) is 5.96 Å². The Morgan fingerprint density at radius 3 is 2.67 bits per heavy atom. The van der Waals surface area contributed by atoms with Crippen molar-refractivity contribution in [3.05, 3.63) is 53.6 Å². The molecule has 1 aromatic carbocycles. The lowest BCUT2D eigenvalue weighted by atomic mass is 10.1. The van der Waals surface area contributed by atoms with E-state index in [1.807, 2.05) is 19.3 Å². The van der Waals surface area contributed by atoms with Gasteiger partial charge in [0.05, 0.1) is 6.54 Å². The summed E-state index contributed by atoms with van der Waals surface area (Å²) >= 11 is 0. The Kier molecular flexibility index (Phi) is 7.08. The first-order chi connectivity index (χ1) is 11.2. The maximum Gasteiger partial charge on any atom is 0.191 e. The second kappa shape index (κ2) is 9.05. The molecular formula is C18H26IN5. The molecule has 0 amide bonds. The SMILES string of the molecule is Cc1nccn1Cc1cccc(CN=C(N)N2CCCCC2)c1.I. The average molecular weight is 439 g/mol. The molecular weight excluding hydrogens is 413 g/mol. The molecule has 6 heteroatoms. The third kappa shape index (κ3) is 4.96. The number of hydrogen-bond acceptors (Lipinski definition) is 2. The van der Waals surface area contributed by atoms with Crippen LogP contribution < -0.4 is 5.73 Å². The first-order valence-electron chi connectivity index (χ1n) is 8.33. The first-order valence-corrected chi connectivity index (χ1v) is 8.33. The van der Waals surface area contributed by atoms with Crippen molar-refractivity contribution in [3.8, 4) is 0 Å². The fourth-order valence-electron chi connectivity index (χ4n) is 2.99. The number of nitrogens with zero attached hydrogens (tertiary/aromatic N) is 4. The molecule has 1 saturated heterocycles. The van der Waals surface area contributed by atoms with E-state index in [4.69, 9.17) is 5.73 Å². The molecule has 1 aliphatic rings. The Balaban J connectivity index is 0.00000208. The summed E-state index contributed by atoms with van der Waals surface area (Å²) in [5, 5.41) is 0. The van der Waals surface area contributed by atoms with Gasteiger partial charge in [-0.25, -0.2) is 9.98 Å². The van der Waals surface area contributed by atoms with E-state index >= 15 is 0 Å². The zero-order valence-electron chi connectivity index (χ0n) is 14.2. The number of likely N-dealkylation sites (tertiary alicyclic amines) is 1.